The molecule has 0 radical (unpaired) electrons. The van der Waals surface area contributed by atoms with E-state index in [0.717, 1.165) is 19.0 Å². The molecule has 20 heavy (non-hydrogen) atoms. The number of nitro benzene ring substituents is 1. The molecule has 1 aliphatic rings. The molecular weight excluding hydrogens is 261 g/mol. The normalized spacial score (nSPS) is 18.8. The van der Waals surface area contributed by atoms with Crippen LogP contribution in [0.3, 0.4) is 0 Å². The SMILES string of the molecule is CCN(CC1CCCCN1)c1ccc(F)cc1[N+](=O)[O-]. The molecule has 1 atom stereocenters. The van der Waals surface area contributed by atoms with E-state index in [0.29, 0.717) is 24.8 Å². The van der Waals surface area contributed by atoms with Gasteiger partial charge in [0.05, 0.1) is 11.0 Å². The third kappa shape index (κ3) is 3.45. The molecule has 1 N–H and O–H groups in total. The van der Waals surface area contributed by atoms with Crippen LogP contribution in [0.2, 0.25) is 0 Å². The summed E-state index contributed by atoms with van der Waals surface area (Å²) in [6.07, 6.45) is 3.44. The van der Waals surface area contributed by atoms with E-state index in [1.807, 2.05) is 11.8 Å². The first-order valence-corrected chi connectivity index (χ1v) is 7.04. The van der Waals surface area contributed by atoms with Gasteiger partial charge in [0.2, 0.25) is 0 Å². The van der Waals surface area contributed by atoms with Crippen LogP contribution in [0.25, 0.3) is 0 Å². The van der Waals surface area contributed by atoms with Gasteiger partial charge in [0.15, 0.2) is 0 Å². The molecule has 1 unspecified atom stereocenters. The predicted octanol–water partition coefficient (Wildman–Crippen LogP) is 2.70. The monoisotopic (exact) mass is 281 g/mol. The summed E-state index contributed by atoms with van der Waals surface area (Å²) >= 11 is 0. The summed E-state index contributed by atoms with van der Waals surface area (Å²) in [7, 11) is 0. The molecule has 6 heteroatoms. The van der Waals surface area contributed by atoms with Gasteiger partial charge in [0.25, 0.3) is 5.69 Å². The van der Waals surface area contributed by atoms with Crippen molar-refractivity contribution in [3.63, 3.8) is 0 Å². The van der Waals surface area contributed by atoms with Crippen LogP contribution in [0.5, 0.6) is 0 Å². The van der Waals surface area contributed by atoms with Crippen LogP contribution in [-0.4, -0.2) is 30.6 Å². The maximum absolute atomic E-state index is 13.2. The molecule has 0 spiro atoms. The van der Waals surface area contributed by atoms with Crippen LogP contribution in [0.15, 0.2) is 18.2 Å². The number of rotatable bonds is 5. The van der Waals surface area contributed by atoms with Gasteiger partial charge in [-0.05, 0) is 38.4 Å². The second-order valence-corrected chi connectivity index (χ2v) is 5.08. The smallest absolute Gasteiger partial charge is 0.295 e. The van der Waals surface area contributed by atoms with Gasteiger partial charge in [-0.3, -0.25) is 10.1 Å². The first-order valence-electron chi connectivity index (χ1n) is 7.04. The van der Waals surface area contributed by atoms with Gasteiger partial charge >= 0.3 is 0 Å². The molecule has 0 saturated carbocycles. The molecule has 1 aliphatic heterocycles. The standard InChI is InChI=1S/C14H20FN3O2/c1-2-17(10-12-5-3-4-8-16-12)13-7-6-11(15)9-14(13)18(19)20/h6-7,9,12,16H,2-5,8,10H2,1H3. The Bertz CT molecular complexity index is 475. The van der Waals surface area contributed by atoms with Crippen molar-refractivity contribution in [3.8, 4) is 0 Å². The zero-order valence-corrected chi connectivity index (χ0v) is 11.6. The van der Waals surface area contributed by atoms with Crippen LogP contribution in [-0.2, 0) is 0 Å². The van der Waals surface area contributed by atoms with E-state index in [1.54, 1.807) is 0 Å². The molecule has 1 aromatic carbocycles. The Morgan fingerprint density at radius 3 is 2.90 bits per heavy atom. The lowest BCUT2D eigenvalue weighted by molar-refractivity contribution is -0.384. The Kier molecular flexibility index (Phi) is 4.89. The van der Waals surface area contributed by atoms with Crippen molar-refractivity contribution in [2.24, 2.45) is 0 Å². The number of nitrogens with zero attached hydrogens (tertiary/aromatic N) is 2. The molecule has 5 nitrogen and oxygen atoms in total. The van der Waals surface area contributed by atoms with Crippen molar-refractivity contribution in [2.75, 3.05) is 24.5 Å². The van der Waals surface area contributed by atoms with Gasteiger partial charge in [-0.1, -0.05) is 6.42 Å². The topological polar surface area (TPSA) is 58.4 Å². The molecular formula is C14H20FN3O2. The number of likely N-dealkylation sites (N-methyl/N-ethyl adjacent to an activating group) is 1. The van der Waals surface area contributed by atoms with Crippen molar-refractivity contribution in [2.45, 2.75) is 32.2 Å². The van der Waals surface area contributed by atoms with Crippen molar-refractivity contribution in [1.29, 1.82) is 0 Å². The van der Waals surface area contributed by atoms with Crippen molar-refractivity contribution >= 4 is 11.4 Å². The summed E-state index contributed by atoms with van der Waals surface area (Å²) in [5, 5.41) is 14.5. The Morgan fingerprint density at radius 2 is 2.30 bits per heavy atom. The maximum Gasteiger partial charge on any atom is 0.295 e. The molecule has 1 fully saturated rings. The van der Waals surface area contributed by atoms with Crippen LogP contribution in [0, 0.1) is 15.9 Å². The van der Waals surface area contributed by atoms with Gasteiger partial charge in [0, 0.05) is 19.1 Å². The summed E-state index contributed by atoms with van der Waals surface area (Å²) in [4.78, 5) is 12.5. The quantitative estimate of drug-likeness (QED) is 0.666. The minimum Gasteiger partial charge on any atom is -0.365 e. The number of halogens is 1. The van der Waals surface area contributed by atoms with Gasteiger partial charge in [-0.25, -0.2) is 4.39 Å². The molecule has 1 saturated heterocycles. The average Bonchev–Trinajstić information content (AvgIpc) is 2.46. The Hall–Kier alpha value is -1.69. The third-order valence-corrected chi connectivity index (χ3v) is 3.71. The van der Waals surface area contributed by atoms with E-state index in [1.165, 1.54) is 25.0 Å². The van der Waals surface area contributed by atoms with Crippen molar-refractivity contribution in [3.05, 3.63) is 34.1 Å². The van der Waals surface area contributed by atoms with Crippen molar-refractivity contribution < 1.29 is 9.31 Å². The zero-order valence-electron chi connectivity index (χ0n) is 11.6. The Balaban J connectivity index is 2.19. The van der Waals surface area contributed by atoms with E-state index in [-0.39, 0.29) is 5.69 Å². The van der Waals surface area contributed by atoms with Gasteiger partial charge in [-0.2, -0.15) is 0 Å². The van der Waals surface area contributed by atoms with Crippen molar-refractivity contribution in [1.82, 2.24) is 5.32 Å². The number of nitrogens with one attached hydrogen (secondary N) is 1. The summed E-state index contributed by atoms with van der Waals surface area (Å²) in [5.41, 5.74) is 0.328. The first-order chi connectivity index (χ1) is 9.61. The average molecular weight is 281 g/mol. The summed E-state index contributed by atoms with van der Waals surface area (Å²) in [6, 6.07) is 4.11. The number of benzene rings is 1. The predicted molar refractivity (Wildman–Crippen MR) is 76.6 cm³/mol. The third-order valence-electron chi connectivity index (χ3n) is 3.71. The molecule has 0 bridgehead atoms. The number of piperidine rings is 1. The van der Waals surface area contributed by atoms with Crippen LogP contribution in [0.4, 0.5) is 15.8 Å². The molecule has 0 aromatic heterocycles. The van der Waals surface area contributed by atoms with E-state index >= 15 is 0 Å². The van der Waals surface area contributed by atoms with Gasteiger partial charge in [-0.15, -0.1) is 0 Å². The highest BCUT2D eigenvalue weighted by molar-refractivity contribution is 5.63. The number of anilines is 1. The highest BCUT2D eigenvalue weighted by Gasteiger charge is 2.22. The fourth-order valence-electron chi connectivity index (χ4n) is 2.65. The number of hydrogen-bond donors (Lipinski definition) is 1. The number of nitro groups is 1. The second kappa shape index (κ2) is 6.65. The fraction of sp³-hybridized carbons (Fsp3) is 0.571. The molecule has 110 valence electrons. The zero-order chi connectivity index (χ0) is 14.5. The van der Waals surface area contributed by atoms with Crippen LogP contribution < -0.4 is 10.2 Å². The lowest BCUT2D eigenvalue weighted by Gasteiger charge is -2.31. The van der Waals surface area contributed by atoms with Gasteiger partial charge < -0.3 is 10.2 Å². The van der Waals surface area contributed by atoms with E-state index < -0.39 is 10.7 Å². The molecule has 1 aromatic rings. The Labute approximate surface area is 117 Å². The molecule has 0 amide bonds. The Morgan fingerprint density at radius 1 is 1.50 bits per heavy atom. The fourth-order valence-corrected chi connectivity index (χ4v) is 2.65. The van der Waals surface area contributed by atoms with Crippen LogP contribution in [0.1, 0.15) is 26.2 Å². The first kappa shape index (κ1) is 14.7. The molecule has 1 heterocycles. The van der Waals surface area contributed by atoms with E-state index in [4.69, 9.17) is 0 Å². The second-order valence-electron chi connectivity index (χ2n) is 5.08. The maximum atomic E-state index is 13.2. The highest BCUT2D eigenvalue weighted by atomic mass is 19.1. The number of hydrogen-bond acceptors (Lipinski definition) is 4. The highest BCUT2D eigenvalue weighted by Crippen LogP contribution is 2.29. The lowest BCUT2D eigenvalue weighted by atomic mass is 10.0. The largest absolute Gasteiger partial charge is 0.365 e. The lowest BCUT2D eigenvalue weighted by Crippen LogP contribution is -2.43. The summed E-state index contributed by atoms with van der Waals surface area (Å²) < 4.78 is 13.2. The summed E-state index contributed by atoms with van der Waals surface area (Å²) in [6.45, 7) is 4.32. The minimum absolute atomic E-state index is 0.164. The van der Waals surface area contributed by atoms with Gasteiger partial charge in [0.1, 0.15) is 11.5 Å². The minimum atomic E-state index is -0.577. The molecule has 2 rings (SSSR count). The molecule has 0 aliphatic carbocycles. The van der Waals surface area contributed by atoms with Crippen LogP contribution >= 0.6 is 0 Å². The van der Waals surface area contributed by atoms with E-state index in [2.05, 4.69) is 5.32 Å². The van der Waals surface area contributed by atoms with E-state index in [9.17, 15) is 14.5 Å². The summed E-state index contributed by atoms with van der Waals surface area (Å²) in [5.74, 6) is -0.577.